The summed E-state index contributed by atoms with van der Waals surface area (Å²) in [6.07, 6.45) is 0.780. The third-order valence-electron chi connectivity index (χ3n) is 4.31. The number of benzene rings is 2. The lowest BCUT2D eigenvalue weighted by Gasteiger charge is -2.11. The second-order valence-electron chi connectivity index (χ2n) is 6.80. The smallest absolute Gasteiger partial charge is 0.274 e. The lowest BCUT2D eigenvalue weighted by molar-refractivity contribution is 0.102. The Morgan fingerprint density at radius 1 is 1.04 bits per heavy atom. The van der Waals surface area contributed by atoms with E-state index in [9.17, 15) is 4.79 Å². The topological polar surface area (TPSA) is 66.9 Å². The fourth-order valence-electron chi connectivity index (χ4n) is 2.83. The van der Waals surface area contributed by atoms with Gasteiger partial charge in [-0.3, -0.25) is 4.79 Å². The fourth-order valence-corrected chi connectivity index (χ4v) is 3.04. The van der Waals surface area contributed by atoms with Crippen LogP contribution in [0.15, 0.2) is 48.5 Å². The number of aromatic nitrogens is 2. The molecule has 0 unspecified atom stereocenters. The number of nitrogens with zero attached hydrogens (tertiary/aromatic N) is 2. The summed E-state index contributed by atoms with van der Waals surface area (Å²) in [5, 5.41) is 6.84. The van der Waals surface area contributed by atoms with Crippen molar-refractivity contribution in [2.75, 3.05) is 17.2 Å². The highest BCUT2D eigenvalue weighted by Gasteiger charge is 2.12. The predicted octanol–water partition coefficient (Wildman–Crippen LogP) is 4.96. The van der Waals surface area contributed by atoms with Gasteiger partial charge in [-0.1, -0.05) is 35.9 Å². The number of nitrogens with one attached hydrogen (secondary N) is 2. The molecule has 0 saturated heterocycles. The number of hydrogen-bond acceptors (Lipinski definition) is 4. The van der Waals surface area contributed by atoms with E-state index < -0.39 is 0 Å². The van der Waals surface area contributed by atoms with Crippen molar-refractivity contribution in [1.82, 2.24) is 9.97 Å². The van der Waals surface area contributed by atoms with Gasteiger partial charge < -0.3 is 10.6 Å². The molecule has 0 spiro atoms. The normalized spacial score (nSPS) is 10.6. The molecular weight excluding hydrogens is 372 g/mol. The van der Waals surface area contributed by atoms with Crippen LogP contribution in [0.25, 0.3) is 0 Å². The molecule has 6 heteroatoms. The van der Waals surface area contributed by atoms with Crippen molar-refractivity contribution in [1.29, 1.82) is 0 Å². The van der Waals surface area contributed by atoms with E-state index in [1.165, 1.54) is 0 Å². The lowest BCUT2D eigenvalue weighted by Crippen LogP contribution is -2.17. The number of hydrogen-bond donors (Lipinski definition) is 2. The third kappa shape index (κ3) is 5.30. The summed E-state index contributed by atoms with van der Waals surface area (Å²) in [5.41, 5.74) is 5.06. The number of halogens is 1. The molecule has 3 aromatic rings. The van der Waals surface area contributed by atoms with Crippen LogP contribution in [-0.4, -0.2) is 22.4 Å². The number of amides is 1. The van der Waals surface area contributed by atoms with E-state index in [0.29, 0.717) is 18.2 Å². The van der Waals surface area contributed by atoms with Crippen molar-refractivity contribution in [2.45, 2.75) is 27.2 Å². The molecule has 0 bridgehead atoms. The first kappa shape index (κ1) is 19.8. The molecule has 2 aromatic carbocycles. The largest absolute Gasteiger partial charge is 0.354 e. The molecule has 0 saturated carbocycles. The van der Waals surface area contributed by atoms with Crippen molar-refractivity contribution in [3.05, 3.63) is 81.6 Å². The minimum atomic E-state index is -0.253. The molecule has 0 fully saturated rings. The van der Waals surface area contributed by atoms with Crippen LogP contribution < -0.4 is 10.6 Å². The van der Waals surface area contributed by atoms with Gasteiger partial charge in [-0.05, 0) is 68.1 Å². The summed E-state index contributed by atoms with van der Waals surface area (Å²) < 4.78 is 0. The second-order valence-corrected chi connectivity index (χ2v) is 7.23. The number of anilines is 2. The molecule has 0 aliphatic rings. The highest BCUT2D eigenvalue weighted by atomic mass is 35.5. The van der Waals surface area contributed by atoms with Gasteiger partial charge in [0, 0.05) is 22.9 Å². The Balaban J connectivity index is 1.68. The van der Waals surface area contributed by atoms with E-state index in [4.69, 9.17) is 11.6 Å². The zero-order chi connectivity index (χ0) is 20.1. The molecule has 2 N–H and O–H groups in total. The van der Waals surface area contributed by atoms with E-state index in [1.807, 2.05) is 63.2 Å². The Kier molecular flexibility index (Phi) is 6.26. The molecule has 0 atom stereocenters. The first-order chi connectivity index (χ1) is 13.4. The average molecular weight is 395 g/mol. The number of aryl methyl sites for hydroxylation is 3. The monoisotopic (exact) mass is 394 g/mol. The van der Waals surface area contributed by atoms with Gasteiger partial charge in [-0.15, -0.1) is 0 Å². The van der Waals surface area contributed by atoms with Gasteiger partial charge in [-0.2, -0.15) is 0 Å². The third-order valence-corrected chi connectivity index (χ3v) is 4.55. The Morgan fingerprint density at radius 3 is 2.64 bits per heavy atom. The minimum Gasteiger partial charge on any atom is -0.354 e. The van der Waals surface area contributed by atoms with Crippen LogP contribution in [0.3, 0.4) is 0 Å². The second kappa shape index (κ2) is 8.85. The molecule has 5 nitrogen and oxygen atoms in total. The molecule has 0 aliphatic carbocycles. The van der Waals surface area contributed by atoms with Crippen LogP contribution in [0.4, 0.5) is 11.6 Å². The molecular formula is C22H23ClN4O. The first-order valence-electron chi connectivity index (χ1n) is 9.13. The molecule has 0 radical (unpaired) electrons. The predicted molar refractivity (Wildman–Crippen MR) is 114 cm³/mol. The van der Waals surface area contributed by atoms with E-state index in [0.717, 1.165) is 39.5 Å². The molecule has 1 aromatic heterocycles. The zero-order valence-corrected chi connectivity index (χ0v) is 17.0. The van der Waals surface area contributed by atoms with Crippen LogP contribution in [0.5, 0.6) is 0 Å². The number of carbonyl (C=O) groups is 1. The maximum atomic E-state index is 12.7. The van der Waals surface area contributed by atoms with Crippen molar-refractivity contribution < 1.29 is 4.79 Å². The van der Waals surface area contributed by atoms with Crippen LogP contribution in [-0.2, 0) is 6.42 Å². The summed E-state index contributed by atoms with van der Waals surface area (Å²) >= 11 is 6.01. The number of carbonyl (C=O) groups excluding carboxylic acids is 1. The van der Waals surface area contributed by atoms with Crippen molar-refractivity contribution in [3.63, 3.8) is 0 Å². The maximum absolute atomic E-state index is 12.7. The Bertz CT molecular complexity index is 1000. The van der Waals surface area contributed by atoms with Gasteiger partial charge in [-0.25, -0.2) is 9.97 Å². The molecule has 3 rings (SSSR count). The summed E-state index contributed by atoms with van der Waals surface area (Å²) in [7, 11) is 0. The van der Waals surface area contributed by atoms with Crippen LogP contribution >= 0.6 is 11.6 Å². The van der Waals surface area contributed by atoms with E-state index in [-0.39, 0.29) is 5.91 Å². The van der Waals surface area contributed by atoms with Crippen LogP contribution in [0.2, 0.25) is 5.02 Å². The molecule has 28 heavy (non-hydrogen) atoms. The Morgan fingerprint density at radius 2 is 1.86 bits per heavy atom. The standard InChI is InChI=1S/C22H23ClN4O/c1-14-7-8-15(2)19(11-14)26-21(28)20-12-16(3)25-22(27-20)24-10-9-17-5-4-6-18(23)13-17/h4-8,11-13H,9-10H2,1-3H3,(H,26,28)(H,24,25,27). The van der Waals surface area contributed by atoms with Crippen molar-refractivity contribution in [3.8, 4) is 0 Å². The first-order valence-corrected chi connectivity index (χ1v) is 9.51. The van der Waals surface area contributed by atoms with Gasteiger partial charge >= 0.3 is 0 Å². The molecule has 144 valence electrons. The molecule has 0 aliphatic heterocycles. The van der Waals surface area contributed by atoms with E-state index in [1.54, 1.807) is 6.07 Å². The summed E-state index contributed by atoms with van der Waals surface area (Å²) in [4.78, 5) is 21.4. The quantitative estimate of drug-likeness (QED) is 0.619. The van der Waals surface area contributed by atoms with Crippen LogP contribution in [0, 0.1) is 20.8 Å². The van der Waals surface area contributed by atoms with Gasteiger partial charge in [0.1, 0.15) is 5.69 Å². The van der Waals surface area contributed by atoms with E-state index >= 15 is 0 Å². The summed E-state index contributed by atoms with van der Waals surface area (Å²) in [6, 6.07) is 15.4. The minimum absolute atomic E-state index is 0.253. The average Bonchev–Trinajstić information content (AvgIpc) is 2.64. The number of rotatable bonds is 6. The molecule has 1 heterocycles. The Labute approximate surface area is 170 Å². The van der Waals surface area contributed by atoms with Crippen molar-refractivity contribution in [2.24, 2.45) is 0 Å². The maximum Gasteiger partial charge on any atom is 0.274 e. The highest BCUT2D eigenvalue weighted by Crippen LogP contribution is 2.18. The Hall–Kier alpha value is -2.92. The lowest BCUT2D eigenvalue weighted by atomic mass is 10.1. The van der Waals surface area contributed by atoms with Crippen LogP contribution in [0.1, 0.15) is 32.9 Å². The summed E-state index contributed by atoms with van der Waals surface area (Å²) in [5.74, 6) is 0.185. The van der Waals surface area contributed by atoms with Gasteiger partial charge in [0.15, 0.2) is 0 Å². The van der Waals surface area contributed by atoms with Crippen molar-refractivity contribution >= 4 is 29.1 Å². The van der Waals surface area contributed by atoms with Gasteiger partial charge in [0.05, 0.1) is 0 Å². The summed E-state index contributed by atoms with van der Waals surface area (Å²) in [6.45, 7) is 6.44. The SMILES string of the molecule is Cc1ccc(C)c(NC(=O)c2cc(C)nc(NCCc3cccc(Cl)c3)n2)c1. The van der Waals surface area contributed by atoms with Gasteiger partial charge in [0.25, 0.3) is 5.91 Å². The molecule has 1 amide bonds. The van der Waals surface area contributed by atoms with E-state index in [2.05, 4.69) is 20.6 Å². The van der Waals surface area contributed by atoms with Gasteiger partial charge in [0.2, 0.25) is 5.95 Å². The zero-order valence-electron chi connectivity index (χ0n) is 16.2. The fraction of sp³-hybridized carbons (Fsp3) is 0.227. The highest BCUT2D eigenvalue weighted by molar-refractivity contribution is 6.30.